The summed E-state index contributed by atoms with van der Waals surface area (Å²) in [5, 5.41) is 0. The largest absolute Gasteiger partial charge is 0.462 e. The first-order valence-electron chi connectivity index (χ1n) is 13.2. The molecule has 194 valence electrons. The van der Waals surface area contributed by atoms with E-state index in [1.165, 1.54) is 51.4 Å². The van der Waals surface area contributed by atoms with Crippen LogP contribution in [0.5, 0.6) is 0 Å². The van der Waals surface area contributed by atoms with Crippen LogP contribution in [0.3, 0.4) is 0 Å². The molecule has 0 radical (unpaired) electrons. The van der Waals surface area contributed by atoms with E-state index in [0.717, 1.165) is 30.2 Å². The second-order valence-electron chi connectivity index (χ2n) is 8.65. The number of esters is 2. The summed E-state index contributed by atoms with van der Waals surface area (Å²) in [5.41, 5.74) is 0.586. The number of benzene rings is 2. The van der Waals surface area contributed by atoms with Crippen LogP contribution in [0.25, 0.3) is 0 Å². The highest BCUT2D eigenvalue weighted by Crippen LogP contribution is 2.14. The molecule has 2 aromatic rings. The van der Waals surface area contributed by atoms with E-state index in [4.69, 9.17) is 9.47 Å². The molecule has 0 bridgehead atoms. The average molecular weight is 548 g/mol. The van der Waals surface area contributed by atoms with Gasteiger partial charge in [-0.2, -0.15) is 0 Å². The van der Waals surface area contributed by atoms with E-state index in [2.05, 4.69) is 29.8 Å². The third-order valence-electron chi connectivity index (χ3n) is 5.56. The predicted octanol–water partition coefficient (Wildman–Crippen LogP) is 9.17. The van der Waals surface area contributed by atoms with Crippen LogP contribution in [0.15, 0.2) is 59.1 Å². The summed E-state index contributed by atoms with van der Waals surface area (Å²) >= 11 is 3.31. The summed E-state index contributed by atoms with van der Waals surface area (Å²) in [6.45, 7) is 5.17. The maximum absolute atomic E-state index is 12.4. The Bertz CT molecular complexity index is 758. The van der Waals surface area contributed by atoms with Crippen molar-refractivity contribution in [2.75, 3.05) is 13.2 Å². The van der Waals surface area contributed by atoms with E-state index in [9.17, 15) is 9.59 Å². The molecular formula is C30H43BrO4. The van der Waals surface area contributed by atoms with Gasteiger partial charge in [-0.1, -0.05) is 124 Å². The molecule has 0 atom stereocenters. The molecule has 0 amide bonds. The summed E-state index contributed by atoms with van der Waals surface area (Å²) in [4.78, 5) is 24.7. The van der Waals surface area contributed by atoms with Crippen LogP contribution < -0.4 is 0 Å². The standard InChI is InChI=1S/C24H38O4.C6H5Br/c1-3-5-7-9-11-15-19-27-23(25)21-17-13-14-18-22(21)24(26)28-20-16-12-10-8-6-4-2;7-6-4-2-1-3-5-6/h13-14,17-18H,3-12,15-16,19-20H2,1-2H3;1-5H. The van der Waals surface area contributed by atoms with Gasteiger partial charge in [-0.15, -0.1) is 0 Å². The molecule has 2 rings (SSSR count). The van der Waals surface area contributed by atoms with Gasteiger partial charge in [0.1, 0.15) is 0 Å². The van der Waals surface area contributed by atoms with Gasteiger partial charge in [0.25, 0.3) is 0 Å². The molecule has 35 heavy (non-hydrogen) atoms. The average Bonchev–Trinajstić information content (AvgIpc) is 2.88. The Morgan fingerprint density at radius 1 is 0.571 bits per heavy atom. The maximum atomic E-state index is 12.4. The van der Waals surface area contributed by atoms with Crippen LogP contribution in [0.2, 0.25) is 0 Å². The minimum absolute atomic E-state index is 0.293. The first-order valence-corrected chi connectivity index (χ1v) is 14.0. The van der Waals surface area contributed by atoms with Gasteiger partial charge in [-0.05, 0) is 37.1 Å². The van der Waals surface area contributed by atoms with Gasteiger partial charge < -0.3 is 9.47 Å². The molecule has 0 heterocycles. The molecule has 0 saturated heterocycles. The summed E-state index contributed by atoms with van der Waals surface area (Å²) in [6, 6.07) is 16.7. The van der Waals surface area contributed by atoms with Crippen molar-refractivity contribution in [1.29, 1.82) is 0 Å². The van der Waals surface area contributed by atoms with Gasteiger partial charge in [-0.25, -0.2) is 9.59 Å². The molecule has 5 heteroatoms. The Balaban J connectivity index is 0.000000744. The monoisotopic (exact) mass is 546 g/mol. The number of halogens is 1. The first-order chi connectivity index (χ1) is 17.1. The highest BCUT2D eigenvalue weighted by atomic mass is 79.9. The van der Waals surface area contributed by atoms with Crippen LogP contribution >= 0.6 is 15.9 Å². The molecule has 2 aromatic carbocycles. The number of ether oxygens (including phenoxy) is 2. The second kappa shape index (κ2) is 21.2. The molecule has 0 N–H and O–H groups in total. The second-order valence-corrected chi connectivity index (χ2v) is 9.56. The lowest BCUT2D eigenvalue weighted by atomic mass is 10.1. The van der Waals surface area contributed by atoms with Gasteiger partial charge in [-0.3, -0.25) is 0 Å². The van der Waals surface area contributed by atoms with Gasteiger partial charge >= 0.3 is 11.9 Å². The number of carbonyl (C=O) groups excluding carboxylic acids is 2. The zero-order valence-corrected chi connectivity index (χ0v) is 23.2. The van der Waals surface area contributed by atoms with Crippen molar-refractivity contribution in [2.45, 2.75) is 90.9 Å². The Kier molecular flexibility index (Phi) is 18.7. The Morgan fingerprint density at radius 2 is 0.943 bits per heavy atom. The van der Waals surface area contributed by atoms with Gasteiger partial charge in [0, 0.05) is 4.47 Å². The van der Waals surface area contributed by atoms with Crippen molar-refractivity contribution in [3.8, 4) is 0 Å². The van der Waals surface area contributed by atoms with Crippen molar-refractivity contribution < 1.29 is 19.1 Å². The quantitative estimate of drug-likeness (QED) is 0.155. The topological polar surface area (TPSA) is 52.6 Å². The summed E-state index contributed by atoms with van der Waals surface area (Å²) in [6.07, 6.45) is 13.6. The van der Waals surface area contributed by atoms with E-state index in [1.807, 2.05) is 30.3 Å². The minimum atomic E-state index is -0.444. The fourth-order valence-electron chi connectivity index (χ4n) is 3.50. The zero-order valence-electron chi connectivity index (χ0n) is 21.6. The lowest BCUT2D eigenvalue weighted by Crippen LogP contribution is -2.15. The Labute approximate surface area is 220 Å². The fraction of sp³-hybridized carbons (Fsp3) is 0.533. The predicted molar refractivity (Wildman–Crippen MR) is 148 cm³/mol. The number of rotatable bonds is 16. The molecule has 4 nitrogen and oxygen atoms in total. The molecule has 0 spiro atoms. The van der Waals surface area contributed by atoms with Crippen LogP contribution in [0.4, 0.5) is 0 Å². The van der Waals surface area contributed by atoms with Gasteiger partial charge in [0.05, 0.1) is 24.3 Å². The molecule has 0 aliphatic carbocycles. The molecular weight excluding hydrogens is 504 g/mol. The molecule has 0 unspecified atom stereocenters. The van der Waals surface area contributed by atoms with Crippen LogP contribution in [-0.4, -0.2) is 25.2 Å². The van der Waals surface area contributed by atoms with E-state index < -0.39 is 11.9 Å². The molecule has 0 saturated carbocycles. The van der Waals surface area contributed by atoms with Crippen molar-refractivity contribution in [3.05, 3.63) is 70.2 Å². The fourth-order valence-corrected chi connectivity index (χ4v) is 3.81. The van der Waals surface area contributed by atoms with E-state index in [0.29, 0.717) is 24.3 Å². The lowest BCUT2D eigenvalue weighted by Gasteiger charge is -2.10. The number of carbonyl (C=O) groups is 2. The van der Waals surface area contributed by atoms with Crippen LogP contribution in [0.1, 0.15) is 112 Å². The SMILES string of the molecule is Brc1ccccc1.CCCCCCCCOC(=O)c1ccccc1C(=O)OCCCCCCCC. The third-order valence-corrected chi connectivity index (χ3v) is 6.09. The zero-order chi connectivity index (χ0) is 25.6. The van der Waals surface area contributed by atoms with Crippen molar-refractivity contribution in [2.24, 2.45) is 0 Å². The highest BCUT2D eigenvalue weighted by Gasteiger charge is 2.18. The molecule has 0 aromatic heterocycles. The number of unbranched alkanes of at least 4 members (excludes halogenated alkanes) is 10. The minimum Gasteiger partial charge on any atom is -0.462 e. The van der Waals surface area contributed by atoms with Crippen molar-refractivity contribution >= 4 is 27.9 Å². The maximum Gasteiger partial charge on any atom is 0.339 e. The van der Waals surface area contributed by atoms with E-state index >= 15 is 0 Å². The number of hydrogen-bond acceptors (Lipinski definition) is 4. The summed E-state index contributed by atoms with van der Waals surface area (Å²) < 4.78 is 11.9. The van der Waals surface area contributed by atoms with Crippen molar-refractivity contribution in [1.82, 2.24) is 0 Å². The Hall–Kier alpha value is -2.14. The van der Waals surface area contributed by atoms with E-state index in [-0.39, 0.29) is 0 Å². The molecule has 0 fully saturated rings. The number of hydrogen-bond donors (Lipinski definition) is 0. The molecule has 0 aliphatic rings. The molecule has 0 aliphatic heterocycles. The van der Waals surface area contributed by atoms with Crippen molar-refractivity contribution in [3.63, 3.8) is 0 Å². The van der Waals surface area contributed by atoms with E-state index in [1.54, 1.807) is 24.3 Å². The van der Waals surface area contributed by atoms with Gasteiger partial charge in [0.15, 0.2) is 0 Å². The smallest absolute Gasteiger partial charge is 0.339 e. The Morgan fingerprint density at radius 3 is 1.31 bits per heavy atom. The van der Waals surface area contributed by atoms with Gasteiger partial charge in [0.2, 0.25) is 0 Å². The summed E-state index contributed by atoms with van der Waals surface area (Å²) in [5.74, 6) is -0.888. The normalized spacial score (nSPS) is 10.3. The highest BCUT2D eigenvalue weighted by molar-refractivity contribution is 9.10. The lowest BCUT2D eigenvalue weighted by molar-refractivity contribution is 0.0450. The first kappa shape index (κ1) is 30.9. The van der Waals surface area contributed by atoms with Crippen LogP contribution in [-0.2, 0) is 9.47 Å². The summed E-state index contributed by atoms with van der Waals surface area (Å²) in [7, 11) is 0. The van der Waals surface area contributed by atoms with Crippen LogP contribution in [0, 0.1) is 0 Å². The third kappa shape index (κ3) is 15.5.